The fourth-order valence-electron chi connectivity index (χ4n) is 6.42. The standard InChI is InChI=1S/C30H36O11/c1-13-10-18(32)22-14(2)11-19(24-15(3)29(37)41-28(24)23(13)22)39-21(33)9-6-16-4-7-17(8-5-16)38-30-27(36)26(35)25(34)20(12-31)40-30/h4-5,7-8,10,15,19-20,23-28,30-31,34-36H,6,9,11-12H2,1-3H3. The third-order valence-corrected chi connectivity index (χ3v) is 8.66. The van der Waals surface area contributed by atoms with Crippen LogP contribution in [-0.2, 0) is 35.0 Å². The number of aliphatic hydroxyl groups is 4. The molecule has 2 heterocycles. The number of carbonyl (C=O) groups excluding carboxylic acids is 3. The first-order chi connectivity index (χ1) is 19.5. The smallest absolute Gasteiger partial charge is 0.309 e. The highest BCUT2D eigenvalue weighted by atomic mass is 16.7. The molecule has 0 spiro atoms. The maximum atomic E-state index is 13.0. The summed E-state index contributed by atoms with van der Waals surface area (Å²) in [6.45, 7) is 4.95. The Kier molecular flexibility index (Phi) is 8.36. The Morgan fingerprint density at radius 1 is 1.05 bits per heavy atom. The Balaban J connectivity index is 1.20. The van der Waals surface area contributed by atoms with Gasteiger partial charge in [0.15, 0.2) is 5.78 Å². The molecule has 10 unspecified atom stereocenters. The summed E-state index contributed by atoms with van der Waals surface area (Å²) in [5, 5.41) is 39.4. The van der Waals surface area contributed by atoms with Crippen molar-refractivity contribution in [2.75, 3.05) is 6.61 Å². The number of ketones is 1. The lowest BCUT2D eigenvalue weighted by Crippen LogP contribution is -2.60. The molecule has 2 fully saturated rings. The highest BCUT2D eigenvalue weighted by Crippen LogP contribution is 2.48. The molecule has 0 bridgehead atoms. The first-order valence-electron chi connectivity index (χ1n) is 13.9. The van der Waals surface area contributed by atoms with E-state index in [4.69, 9.17) is 18.9 Å². The van der Waals surface area contributed by atoms with Crippen LogP contribution in [0.4, 0.5) is 0 Å². The highest BCUT2D eigenvalue weighted by molar-refractivity contribution is 6.09. The first kappa shape index (κ1) is 29.4. The van der Waals surface area contributed by atoms with Gasteiger partial charge in [-0.2, -0.15) is 0 Å². The molecule has 2 aliphatic heterocycles. The maximum absolute atomic E-state index is 13.0. The number of allylic oxidation sites excluding steroid dienone is 1. The Labute approximate surface area is 237 Å². The molecular weight excluding hydrogens is 536 g/mol. The Hall–Kier alpha value is -3.09. The number of rotatable bonds is 7. The van der Waals surface area contributed by atoms with Crippen LogP contribution in [0.2, 0.25) is 0 Å². The van der Waals surface area contributed by atoms with Crippen molar-refractivity contribution in [1.82, 2.24) is 0 Å². The van der Waals surface area contributed by atoms with Gasteiger partial charge < -0.3 is 39.4 Å². The summed E-state index contributed by atoms with van der Waals surface area (Å²) in [5.74, 6) is -1.68. The summed E-state index contributed by atoms with van der Waals surface area (Å²) in [6.07, 6.45) is -5.66. The summed E-state index contributed by atoms with van der Waals surface area (Å²) in [5.41, 5.74) is 3.16. The van der Waals surface area contributed by atoms with Gasteiger partial charge in [0.1, 0.15) is 42.4 Å². The fourth-order valence-corrected chi connectivity index (χ4v) is 6.42. The van der Waals surface area contributed by atoms with Gasteiger partial charge in [-0.25, -0.2) is 0 Å². The number of ether oxygens (including phenoxy) is 4. The van der Waals surface area contributed by atoms with Crippen molar-refractivity contribution in [2.45, 2.75) is 82.9 Å². The minimum Gasteiger partial charge on any atom is -0.462 e. The third kappa shape index (κ3) is 5.56. The van der Waals surface area contributed by atoms with E-state index in [-0.39, 0.29) is 30.0 Å². The van der Waals surface area contributed by atoms with Gasteiger partial charge in [-0.1, -0.05) is 30.2 Å². The van der Waals surface area contributed by atoms with Crippen LogP contribution < -0.4 is 4.74 Å². The van der Waals surface area contributed by atoms with Gasteiger partial charge in [-0.05, 0) is 44.0 Å². The van der Waals surface area contributed by atoms with Gasteiger partial charge in [0.05, 0.1) is 12.5 Å². The number of esters is 2. The lowest BCUT2D eigenvalue weighted by Gasteiger charge is -2.39. The van der Waals surface area contributed by atoms with Crippen molar-refractivity contribution < 1.29 is 53.8 Å². The monoisotopic (exact) mass is 572 g/mol. The van der Waals surface area contributed by atoms with Crippen molar-refractivity contribution in [1.29, 1.82) is 0 Å². The third-order valence-electron chi connectivity index (χ3n) is 8.66. The van der Waals surface area contributed by atoms with Crippen LogP contribution in [0.1, 0.15) is 39.2 Å². The molecule has 2 saturated heterocycles. The molecule has 4 aliphatic rings. The van der Waals surface area contributed by atoms with Crippen molar-refractivity contribution in [3.05, 3.63) is 52.6 Å². The second-order valence-corrected chi connectivity index (χ2v) is 11.4. The van der Waals surface area contributed by atoms with E-state index in [9.17, 15) is 34.8 Å². The topological polar surface area (TPSA) is 169 Å². The van der Waals surface area contributed by atoms with Crippen molar-refractivity contribution in [3.8, 4) is 5.75 Å². The van der Waals surface area contributed by atoms with E-state index in [0.717, 1.165) is 16.7 Å². The Bertz CT molecular complexity index is 1250. The van der Waals surface area contributed by atoms with Crippen LogP contribution in [0.25, 0.3) is 0 Å². The molecule has 11 heteroatoms. The van der Waals surface area contributed by atoms with E-state index in [1.807, 2.05) is 13.8 Å². The zero-order valence-electron chi connectivity index (χ0n) is 23.1. The number of carbonyl (C=O) groups is 3. The molecule has 0 radical (unpaired) electrons. The second-order valence-electron chi connectivity index (χ2n) is 11.4. The molecule has 11 nitrogen and oxygen atoms in total. The largest absolute Gasteiger partial charge is 0.462 e. The van der Waals surface area contributed by atoms with Gasteiger partial charge in [0.25, 0.3) is 0 Å². The maximum Gasteiger partial charge on any atom is 0.309 e. The average Bonchev–Trinajstić information content (AvgIpc) is 3.36. The summed E-state index contributed by atoms with van der Waals surface area (Å²) in [7, 11) is 0. The number of fused-ring (bicyclic) bond motifs is 3. The zero-order valence-corrected chi connectivity index (χ0v) is 23.1. The average molecular weight is 573 g/mol. The van der Waals surface area contributed by atoms with Crippen LogP contribution in [0.5, 0.6) is 5.75 Å². The number of benzene rings is 1. The van der Waals surface area contributed by atoms with E-state index < -0.39 is 61.4 Å². The SMILES string of the molecule is CC1=CC(=O)C2=C(C)CC(OC(=O)CCc3ccc(OC4OC(CO)C(O)C(O)C4O)cc3)C3C(C)C(=O)OC3C12. The Morgan fingerprint density at radius 3 is 2.44 bits per heavy atom. The van der Waals surface area contributed by atoms with Gasteiger partial charge in [0.2, 0.25) is 6.29 Å². The molecule has 0 amide bonds. The molecule has 5 rings (SSSR count). The van der Waals surface area contributed by atoms with E-state index in [0.29, 0.717) is 24.2 Å². The quantitative estimate of drug-likeness (QED) is 0.340. The molecule has 222 valence electrons. The van der Waals surface area contributed by atoms with E-state index in [1.165, 1.54) is 0 Å². The minimum absolute atomic E-state index is 0.0784. The van der Waals surface area contributed by atoms with Crippen molar-refractivity contribution >= 4 is 17.7 Å². The van der Waals surface area contributed by atoms with Crippen LogP contribution in [0.3, 0.4) is 0 Å². The van der Waals surface area contributed by atoms with Crippen LogP contribution in [0.15, 0.2) is 47.1 Å². The highest BCUT2D eigenvalue weighted by Gasteiger charge is 2.55. The Morgan fingerprint density at radius 2 is 1.76 bits per heavy atom. The van der Waals surface area contributed by atoms with Crippen LogP contribution in [-0.4, -0.2) is 87.7 Å². The van der Waals surface area contributed by atoms with Gasteiger partial charge in [-0.3, -0.25) is 14.4 Å². The summed E-state index contributed by atoms with van der Waals surface area (Å²) in [4.78, 5) is 38.2. The number of hydrogen-bond donors (Lipinski definition) is 4. The normalized spacial score (nSPS) is 36.7. The summed E-state index contributed by atoms with van der Waals surface area (Å²) < 4.78 is 22.7. The molecule has 1 aromatic rings. The lowest BCUT2D eigenvalue weighted by molar-refractivity contribution is -0.277. The minimum atomic E-state index is -1.54. The first-order valence-corrected chi connectivity index (χ1v) is 13.9. The van der Waals surface area contributed by atoms with E-state index in [2.05, 4.69) is 0 Å². The summed E-state index contributed by atoms with van der Waals surface area (Å²) >= 11 is 0. The molecule has 41 heavy (non-hydrogen) atoms. The molecule has 2 aliphatic carbocycles. The van der Waals surface area contributed by atoms with Crippen LogP contribution in [0, 0.1) is 17.8 Å². The molecular formula is C30H36O11. The molecule has 0 saturated carbocycles. The zero-order chi connectivity index (χ0) is 29.6. The molecule has 1 aromatic carbocycles. The van der Waals surface area contributed by atoms with E-state index >= 15 is 0 Å². The number of aliphatic hydroxyl groups excluding tert-OH is 4. The second kappa shape index (κ2) is 11.7. The van der Waals surface area contributed by atoms with Crippen molar-refractivity contribution in [2.24, 2.45) is 17.8 Å². The molecule has 0 aromatic heterocycles. The number of aryl methyl sites for hydroxylation is 1. The number of hydrogen-bond acceptors (Lipinski definition) is 11. The molecule has 10 atom stereocenters. The summed E-state index contributed by atoms with van der Waals surface area (Å²) in [6, 6.07) is 6.69. The van der Waals surface area contributed by atoms with Crippen molar-refractivity contribution in [3.63, 3.8) is 0 Å². The fraction of sp³-hybridized carbons (Fsp3) is 0.567. The van der Waals surface area contributed by atoms with Gasteiger partial charge in [-0.15, -0.1) is 0 Å². The van der Waals surface area contributed by atoms with E-state index in [1.54, 1.807) is 37.3 Å². The lowest BCUT2D eigenvalue weighted by atomic mass is 9.79. The predicted molar refractivity (Wildman–Crippen MR) is 141 cm³/mol. The van der Waals surface area contributed by atoms with Crippen LogP contribution >= 0.6 is 0 Å². The molecule has 4 N–H and O–H groups in total. The van der Waals surface area contributed by atoms with Gasteiger partial charge in [0, 0.05) is 30.3 Å². The van der Waals surface area contributed by atoms with Gasteiger partial charge >= 0.3 is 11.9 Å². The predicted octanol–water partition coefficient (Wildman–Crippen LogP) is 0.753.